The van der Waals surface area contributed by atoms with Crippen LogP contribution in [-0.4, -0.2) is 30.1 Å². The van der Waals surface area contributed by atoms with Gasteiger partial charge in [-0.3, -0.25) is 4.79 Å². The Labute approximate surface area is 119 Å². The summed E-state index contributed by atoms with van der Waals surface area (Å²) in [5, 5.41) is 6.18. The van der Waals surface area contributed by atoms with Gasteiger partial charge in [0.2, 0.25) is 5.91 Å². The molecule has 1 aliphatic heterocycles. The summed E-state index contributed by atoms with van der Waals surface area (Å²) in [6.07, 6.45) is 7.46. The first kappa shape index (κ1) is 13.4. The zero-order valence-electron chi connectivity index (χ0n) is 11.6. The van der Waals surface area contributed by atoms with Crippen LogP contribution < -0.4 is 10.6 Å². The van der Waals surface area contributed by atoms with Crippen molar-refractivity contribution in [3.8, 4) is 0 Å². The normalized spacial score (nSPS) is 22.3. The first-order valence-corrected chi connectivity index (χ1v) is 7.43. The van der Waals surface area contributed by atoms with E-state index in [1.165, 1.54) is 6.42 Å². The van der Waals surface area contributed by atoms with Gasteiger partial charge in [-0.2, -0.15) is 0 Å². The first-order valence-electron chi connectivity index (χ1n) is 7.43. The number of rotatable bonds is 5. The molecule has 1 saturated heterocycles. The molecule has 1 saturated carbocycles. The Bertz CT molecular complexity index is 451. The molecule has 1 aliphatic carbocycles. The molecule has 2 heterocycles. The molecule has 0 bridgehead atoms. The van der Waals surface area contributed by atoms with Crippen LogP contribution in [-0.2, 0) is 9.53 Å². The number of nitrogens with zero attached hydrogens (tertiary/aromatic N) is 1. The lowest BCUT2D eigenvalue weighted by atomic mass is 9.85. The molecular weight excluding hydrogens is 254 g/mol. The molecule has 2 aliphatic rings. The summed E-state index contributed by atoms with van der Waals surface area (Å²) in [4.78, 5) is 16.1. The summed E-state index contributed by atoms with van der Waals surface area (Å²) in [5.41, 5.74) is 0.768. The van der Waals surface area contributed by atoms with Crippen molar-refractivity contribution in [1.29, 1.82) is 0 Å². The number of ether oxygens (including phenoxy) is 1. The van der Waals surface area contributed by atoms with E-state index in [0.717, 1.165) is 50.3 Å². The van der Waals surface area contributed by atoms with Crippen molar-refractivity contribution in [2.75, 3.05) is 23.8 Å². The summed E-state index contributed by atoms with van der Waals surface area (Å²) < 4.78 is 5.55. The van der Waals surface area contributed by atoms with Gasteiger partial charge in [-0.15, -0.1) is 0 Å². The largest absolute Gasteiger partial charge is 0.376 e. The summed E-state index contributed by atoms with van der Waals surface area (Å²) >= 11 is 0. The van der Waals surface area contributed by atoms with E-state index < -0.39 is 0 Å². The maximum absolute atomic E-state index is 11.8. The van der Waals surface area contributed by atoms with Gasteiger partial charge in [0, 0.05) is 19.1 Å². The SMILES string of the molecule is O=C(Nc1ccc(NCC2CCCO2)nc1)C1CCC1. The second kappa shape index (κ2) is 6.22. The Balaban J connectivity index is 1.47. The lowest BCUT2D eigenvalue weighted by Crippen LogP contribution is -2.28. The average molecular weight is 275 g/mol. The van der Waals surface area contributed by atoms with Gasteiger partial charge in [-0.1, -0.05) is 6.42 Å². The van der Waals surface area contributed by atoms with Gasteiger partial charge in [0.15, 0.2) is 0 Å². The van der Waals surface area contributed by atoms with Gasteiger partial charge in [-0.25, -0.2) is 4.98 Å². The van der Waals surface area contributed by atoms with E-state index in [-0.39, 0.29) is 11.8 Å². The molecule has 1 atom stereocenters. The molecule has 3 rings (SSSR count). The van der Waals surface area contributed by atoms with Crippen molar-refractivity contribution in [2.45, 2.75) is 38.2 Å². The lowest BCUT2D eigenvalue weighted by molar-refractivity contribution is -0.122. The van der Waals surface area contributed by atoms with Gasteiger partial charge in [0.05, 0.1) is 18.0 Å². The quantitative estimate of drug-likeness (QED) is 0.866. The standard InChI is InChI=1S/C15H21N3O2/c19-15(11-3-1-4-11)18-12-6-7-14(16-9-12)17-10-13-5-2-8-20-13/h6-7,9,11,13H,1-5,8,10H2,(H,16,17)(H,18,19). The lowest BCUT2D eigenvalue weighted by Gasteiger charge is -2.23. The first-order chi connectivity index (χ1) is 9.81. The number of pyridine rings is 1. The van der Waals surface area contributed by atoms with Crippen molar-refractivity contribution in [3.63, 3.8) is 0 Å². The third kappa shape index (κ3) is 3.28. The van der Waals surface area contributed by atoms with Crippen LogP contribution in [0, 0.1) is 5.92 Å². The van der Waals surface area contributed by atoms with Gasteiger partial charge in [-0.05, 0) is 37.8 Å². The zero-order chi connectivity index (χ0) is 13.8. The van der Waals surface area contributed by atoms with Crippen molar-refractivity contribution in [2.24, 2.45) is 5.92 Å². The average Bonchev–Trinajstić information content (AvgIpc) is 2.89. The van der Waals surface area contributed by atoms with Gasteiger partial charge >= 0.3 is 0 Å². The third-order valence-corrected chi connectivity index (χ3v) is 4.04. The van der Waals surface area contributed by atoms with E-state index in [1.54, 1.807) is 6.20 Å². The van der Waals surface area contributed by atoms with Crippen molar-refractivity contribution in [3.05, 3.63) is 18.3 Å². The summed E-state index contributed by atoms with van der Waals surface area (Å²) in [6, 6.07) is 3.78. The highest BCUT2D eigenvalue weighted by Crippen LogP contribution is 2.27. The molecule has 0 spiro atoms. The van der Waals surface area contributed by atoms with Crippen LogP contribution in [0.1, 0.15) is 32.1 Å². The fourth-order valence-electron chi connectivity index (χ4n) is 2.51. The molecule has 5 heteroatoms. The molecule has 1 unspecified atom stereocenters. The number of hydrogen-bond donors (Lipinski definition) is 2. The van der Waals surface area contributed by atoms with E-state index in [9.17, 15) is 4.79 Å². The van der Waals surface area contributed by atoms with E-state index in [2.05, 4.69) is 15.6 Å². The topological polar surface area (TPSA) is 63.2 Å². The second-order valence-corrected chi connectivity index (χ2v) is 5.57. The second-order valence-electron chi connectivity index (χ2n) is 5.57. The highest BCUT2D eigenvalue weighted by atomic mass is 16.5. The molecule has 5 nitrogen and oxygen atoms in total. The Kier molecular flexibility index (Phi) is 4.16. The molecule has 108 valence electrons. The van der Waals surface area contributed by atoms with Crippen LogP contribution in [0.2, 0.25) is 0 Å². The number of amides is 1. The number of carbonyl (C=O) groups excluding carboxylic acids is 1. The van der Waals surface area contributed by atoms with E-state index in [4.69, 9.17) is 4.74 Å². The van der Waals surface area contributed by atoms with Gasteiger partial charge in [0.1, 0.15) is 5.82 Å². The fourth-order valence-corrected chi connectivity index (χ4v) is 2.51. The minimum atomic E-state index is 0.123. The minimum Gasteiger partial charge on any atom is -0.376 e. The van der Waals surface area contributed by atoms with Crippen LogP contribution in [0.4, 0.5) is 11.5 Å². The number of hydrogen-bond acceptors (Lipinski definition) is 4. The molecule has 1 aromatic heterocycles. The van der Waals surface area contributed by atoms with E-state index in [0.29, 0.717) is 6.10 Å². The van der Waals surface area contributed by atoms with E-state index >= 15 is 0 Å². The molecule has 2 N–H and O–H groups in total. The molecule has 1 amide bonds. The summed E-state index contributed by atoms with van der Waals surface area (Å²) in [7, 11) is 0. The van der Waals surface area contributed by atoms with Crippen molar-refractivity contribution >= 4 is 17.4 Å². The zero-order valence-corrected chi connectivity index (χ0v) is 11.6. The third-order valence-electron chi connectivity index (χ3n) is 4.04. The van der Waals surface area contributed by atoms with Gasteiger partial charge in [0.25, 0.3) is 0 Å². The highest BCUT2D eigenvalue weighted by molar-refractivity contribution is 5.92. The summed E-state index contributed by atoms with van der Waals surface area (Å²) in [5.74, 6) is 1.15. The van der Waals surface area contributed by atoms with E-state index in [1.807, 2.05) is 12.1 Å². The van der Waals surface area contributed by atoms with Crippen molar-refractivity contribution in [1.82, 2.24) is 4.98 Å². The maximum atomic E-state index is 11.8. The smallest absolute Gasteiger partial charge is 0.227 e. The Hall–Kier alpha value is -1.62. The van der Waals surface area contributed by atoms with Gasteiger partial charge < -0.3 is 15.4 Å². The molecule has 2 fully saturated rings. The Morgan fingerprint density at radius 1 is 1.30 bits per heavy atom. The van der Waals surface area contributed by atoms with Crippen LogP contribution in [0.25, 0.3) is 0 Å². The Morgan fingerprint density at radius 2 is 2.20 bits per heavy atom. The monoisotopic (exact) mass is 275 g/mol. The van der Waals surface area contributed by atoms with Crippen LogP contribution in [0.3, 0.4) is 0 Å². The van der Waals surface area contributed by atoms with Crippen LogP contribution >= 0.6 is 0 Å². The maximum Gasteiger partial charge on any atom is 0.227 e. The van der Waals surface area contributed by atoms with Crippen LogP contribution in [0.5, 0.6) is 0 Å². The molecule has 0 aromatic carbocycles. The predicted octanol–water partition coefficient (Wildman–Crippen LogP) is 2.41. The summed E-state index contributed by atoms with van der Waals surface area (Å²) in [6.45, 7) is 1.66. The van der Waals surface area contributed by atoms with Crippen LogP contribution in [0.15, 0.2) is 18.3 Å². The number of anilines is 2. The highest BCUT2D eigenvalue weighted by Gasteiger charge is 2.25. The minimum absolute atomic E-state index is 0.123. The number of aromatic nitrogens is 1. The molecule has 1 aromatic rings. The predicted molar refractivity (Wildman–Crippen MR) is 77.7 cm³/mol. The number of nitrogens with one attached hydrogen (secondary N) is 2. The molecule has 0 radical (unpaired) electrons. The number of carbonyl (C=O) groups is 1. The fraction of sp³-hybridized carbons (Fsp3) is 0.600. The van der Waals surface area contributed by atoms with Crippen molar-refractivity contribution < 1.29 is 9.53 Å². The molecular formula is C15H21N3O2. The molecule has 20 heavy (non-hydrogen) atoms. The Morgan fingerprint density at radius 3 is 2.80 bits per heavy atom.